The van der Waals surface area contributed by atoms with Crippen LogP contribution < -0.4 is 25.3 Å². The molecule has 1 aliphatic heterocycles. The highest BCUT2D eigenvalue weighted by Crippen LogP contribution is 2.34. The maximum atomic E-state index is 5.91. The van der Waals surface area contributed by atoms with Crippen molar-refractivity contribution in [2.24, 2.45) is 0 Å². The Morgan fingerprint density at radius 3 is 2.82 bits per heavy atom. The van der Waals surface area contributed by atoms with Gasteiger partial charge in [0, 0.05) is 18.3 Å². The van der Waals surface area contributed by atoms with Crippen molar-refractivity contribution < 1.29 is 14.2 Å². The van der Waals surface area contributed by atoms with Crippen LogP contribution in [0.15, 0.2) is 36.4 Å². The first-order valence-corrected chi connectivity index (χ1v) is 7.32. The van der Waals surface area contributed by atoms with Crippen molar-refractivity contribution in [1.82, 2.24) is 0 Å². The van der Waals surface area contributed by atoms with Crippen molar-refractivity contribution in [3.8, 4) is 17.2 Å². The number of fused-ring (bicyclic) bond motifs is 1. The maximum absolute atomic E-state index is 5.91. The third-order valence-electron chi connectivity index (χ3n) is 3.64. The molecule has 2 aromatic carbocycles. The van der Waals surface area contributed by atoms with Crippen LogP contribution in [0, 0.1) is 0 Å². The number of benzene rings is 2. The van der Waals surface area contributed by atoms with E-state index in [-0.39, 0.29) is 0 Å². The molecule has 22 heavy (non-hydrogen) atoms. The highest BCUT2D eigenvalue weighted by Gasteiger charge is 2.12. The predicted molar refractivity (Wildman–Crippen MR) is 86.8 cm³/mol. The van der Waals surface area contributed by atoms with Crippen LogP contribution in [0.4, 0.5) is 11.4 Å². The molecular weight excluding hydrogens is 280 g/mol. The quantitative estimate of drug-likeness (QED) is 0.634. The standard InChI is InChI=1S/C17H20N2O3/c1-20-15-6-4-12(9-14(15)18)3-2-8-19-13-5-7-16-17(10-13)22-11-21-16/h4-7,9-10,19H,2-3,8,11,18H2,1H3. The first-order chi connectivity index (χ1) is 10.8. The average Bonchev–Trinajstić information content (AvgIpc) is 2.99. The minimum absolute atomic E-state index is 0.303. The van der Waals surface area contributed by atoms with Gasteiger partial charge < -0.3 is 25.3 Å². The molecule has 5 heteroatoms. The van der Waals surface area contributed by atoms with E-state index in [1.54, 1.807) is 7.11 Å². The summed E-state index contributed by atoms with van der Waals surface area (Å²) in [7, 11) is 1.63. The van der Waals surface area contributed by atoms with Crippen molar-refractivity contribution in [2.45, 2.75) is 12.8 Å². The largest absolute Gasteiger partial charge is 0.495 e. The van der Waals surface area contributed by atoms with Gasteiger partial charge in [0.1, 0.15) is 5.75 Å². The molecule has 0 radical (unpaired) electrons. The molecule has 0 unspecified atom stereocenters. The number of nitrogen functional groups attached to an aromatic ring is 1. The summed E-state index contributed by atoms with van der Waals surface area (Å²) in [6.45, 7) is 1.18. The minimum atomic E-state index is 0.303. The zero-order valence-corrected chi connectivity index (χ0v) is 12.6. The third-order valence-corrected chi connectivity index (χ3v) is 3.64. The lowest BCUT2D eigenvalue weighted by Gasteiger charge is -2.09. The summed E-state index contributed by atoms with van der Waals surface area (Å²) >= 11 is 0. The SMILES string of the molecule is COc1ccc(CCCNc2ccc3c(c2)OCO3)cc1N. The number of rotatable bonds is 6. The Morgan fingerprint density at radius 2 is 2.00 bits per heavy atom. The zero-order valence-electron chi connectivity index (χ0n) is 12.6. The van der Waals surface area contributed by atoms with Crippen molar-refractivity contribution in [3.63, 3.8) is 0 Å². The Balaban J connectivity index is 1.48. The summed E-state index contributed by atoms with van der Waals surface area (Å²) in [6, 6.07) is 11.8. The zero-order chi connectivity index (χ0) is 15.4. The van der Waals surface area contributed by atoms with Gasteiger partial charge in [-0.3, -0.25) is 0 Å². The van der Waals surface area contributed by atoms with Gasteiger partial charge in [-0.1, -0.05) is 6.07 Å². The van der Waals surface area contributed by atoms with E-state index in [1.165, 1.54) is 5.56 Å². The summed E-state index contributed by atoms with van der Waals surface area (Å²) in [4.78, 5) is 0. The normalized spacial score (nSPS) is 12.2. The summed E-state index contributed by atoms with van der Waals surface area (Å²) in [5, 5.41) is 3.39. The van der Waals surface area contributed by atoms with E-state index in [1.807, 2.05) is 30.3 Å². The third kappa shape index (κ3) is 3.19. The average molecular weight is 300 g/mol. The van der Waals surface area contributed by atoms with Gasteiger partial charge in [-0.05, 0) is 42.7 Å². The topological polar surface area (TPSA) is 65.7 Å². The highest BCUT2D eigenvalue weighted by atomic mass is 16.7. The molecule has 0 fully saturated rings. The Labute approximate surface area is 130 Å². The van der Waals surface area contributed by atoms with E-state index in [2.05, 4.69) is 11.4 Å². The lowest BCUT2D eigenvalue weighted by Crippen LogP contribution is -2.03. The van der Waals surface area contributed by atoms with Gasteiger partial charge in [0.05, 0.1) is 12.8 Å². The number of methoxy groups -OCH3 is 1. The molecule has 1 aliphatic rings. The van der Waals surface area contributed by atoms with Gasteiger partial charge in [-0.2, -0.15) is 0 Å². The number of aryl methyl sites for hydroxylation is 1. The fourth-order valence-electron chi connectivity index (χ4n) is 2.47. The Bertz CT molecular complexity index is 658. The van der Waals surface area contributed by atoms with Crippen LogP contribution in [0.5, 0.6) is 17.2 Å². The van der Waals surface area contributed by atoms with Crippen LogP contribution in [-0.2, 0) is 6.42 Å². The molecule has 0 amide bonds. The molecule has 0 saturated heterocycles. The second-order valence-electron chi connectivity index (χ2n) is 5.17. The van der Waals surface area contributed by atoms with Crippen molar-refractivity contribution in [1.29, 1.82) is 0 Å². The Kier molecular flexibility index (Phi) is 4.23. The number of hydrogen-bond acceptors (Lipinski definition) is 5. The van der Waals surface area contributed by atoms with Crippen LogP contribution in [0.25, 0.3) is 0 Å². The van der Waals surface area contributed by atoms with Crippen LogP contribution in [0.2, 0.25) is 0 Å². The summed E-state index contributed by atoms with van der Waals surface area (Å²) < 4.78 is 15.8. The first-order valence-electron chi connectivity index (χ1n) is 7.32. The molecule has 0 atom stereocenters. The van der Waals surface area contributed by atoms with Crippen molar-refractivity contribution in [2.75, 3.05) is 31.5 Å². The molecule has 0 aliphatic carbocycles. The fraction of sp³-hybridized carbons (Fsp3) is 0.294. The van der Waals surface area contributed by atoms with Crippen molar-refractivity contribution in [3.05, 3.63) is 42.0 Å². The Hall–Kier alpha value is -2.56. The number of anilines is 2. The molecule has 2 aromatic rings. The number of nitrogens with one attached hydrogen (secondary N) is 1. The minimum Gasteiger partial charge on any atom is -0.495 e. The van der Waals surface area contributed by atoms with Gasteiger partial charge in [0.2, 0.25) is 6.79 Å². The van der Waals surface area contributed by atoms with E-state index in [0.717, 1.165) is 42.3 Å². The second kappa shape index (κ2) is 6.47. The van der Waals surface area contributed by atoms with E-state index in [9.17, 15) is 0 Å². The van der Waals surface area contributed by atoms with E-state index in [4.69, 9.17) is 19.9 Å². The van der Waals surface area contributed by atoms with Crippen LogP contribution in [0.3, 0.4) is 0 Å². The van der Waals surface area contributed by atoms with E-state index in [0.29, 0.717) is 12.5 Å². The molecule has 3 rings (SSSR count). The van der Waals surface area contributed by atoms with Crippen LogP contribution in [0.1, 0.15) is 12.0 Å². The molecule has 3 N–H and O–H groups in total. The van der Waals surface area contributed by atoms with Gasteiger partial charge in [-0.25, -0.2) is 0 Å². The molecule has 0 aromatic heterocycles. The smallest absolute Gasteiger partial charge is 0.231 e. The van der Waals surface area contributed by atoms with Crippen LogP contribution >= 0.6 is 0 Å². The predicted octanol–water partition coefficient (Wildman–Crippen LogP) is 3.05. The molecule has 1 heterocycles. The highest BCUT2D eigenvalue weighted by molar-refractivity contribution is 5.56. The molecule has 116 valence electrons. The maximum Gasteiger partial charge on any atom is 0.231 e. The number of hydrogen-bond donors (Lipinski definition) is 2. The number of ether oxygens (including phenoxy) is 3. The van der Waals surface area contributed by atoms with Gasteiger partial charge in [0.25, 0.3) is 0 Å². The first kappa shape index (κ1) is 14.4. The number of nitrogens with two attached hydrogens (primary N) is 1. The second-order valence-corrected chi connectivity index (χ2v) is 5.17. The van der Waals surface area contributed by atoms with E-state index >= 15 is 0 Å². The molecule has 5 nitrogen and oxygen atoms in total. The summed E-state index contributed by atoms with van der Waals surface area (Å²) in [6.07, 6.45) is 1.98. The lowest BCUT2D eigenvalue weighted by atomic mass is 10.1. The van der Waals surface area contributed by atoms with E-state index < -0.39 is 0 Å². The summed E-state index contributed by atoms with van der Waals surface area (Å²) in [5.74, 6) is 2.33. The molecule has 0 spiro atoms. The Morgan fingerprint density at radius 1 is 1.14 bits per heavy atom. The summed E-state index contributed by atoms with van der Waals surface area (Å²) in [5.41, 5.74) is 8.85. The van der Waals surface area contributed by atoms with Crippen molar-refractivity contribution >= 4 is 11.4 Å². The van der Waals surface area contributed by atoms with Gasteiger partial charge in [0.15, 0.2) is 11.5 Å². The monoisotopic (exact) mass is 300 g/mol. The molecule has 0 bridgehead atoms. The fourth-order valence-corrected chi connectivity index (χ4v) is 2.47. The lowest BCUT2D eigenvalue weighted by molar-refractivity contribution is 0.174. The van der Waals surface area contributed by atoms with Crippen LogP contribution in [-0.4, -0.2) is 20.4 Å². The van der Waals surface area contributed by atoms with Gasteiger partial charge in [-0.15, -0.1) is 0 Å². The molecular formula is C17H20N2O3. The van der Waals surface area contributed by atoms with Gasteiger partial charge >= 0.3 is 0 Å². The molecule has 0 saturated carbocycles.